The second kappa shape index (κ2) is 11.6. The van der Waals surface area contributed by atoms with Crippen molar-refractivity contribution in [2.24, 2.45) is 0 Å². The fourth-order valence-corrected chi connectivity index (χ4v) is 9.02. The predicted molar refractivity (Wildman–Crippen MR) is 196 cm³/mol. The van der Waals surface area contributed by atoms with Crippen LogP contribution in [-0.4, -0.2) is 29.5 Å². The zero-order chi connectivity index (χ0) is 31.2. The molecule has 9 rings (SSSR count). The van der Waals surface area contributed by atoms with Gasteiger partial charge in [-0.25, -0.2) is 0 Å². The molecule has 2 heterocycles. The summed E-state index contributed by atoms with van der Waals surface area (Å²) >= 11 is 0.144. The average Bonchev–Trinajstić information content (AvgIpc) is 3.53. The molecule has 4 heteroatoms. The van der Waals surface area contributed by atoms with Gasteiger partial charge in [-0.15, -0.1) is 0 Å². The van der Waals surface area contributed by atoms with Crippen LogP contribution < -0.4 is 0 Å². The number of nitrogens with zero attached hydrogens (tertiary/aromatic N) is 3. The summed E-state index contributed by atoms with van der Waals surface area (Å²) in [6, 6.07) is 57.9. The van der Waals surface area contributed by atoms with Crippen molar-refractivity contribution in [3.05, 3.63) is 164 Å². The fraction of sp³-hybridized carbons (Fsp3) is 0. The first-order valence-corrected chi connectivity index (χ1v) is 17.4. The van der Waals surface area contributed by atoms with E-state index in [0.717, 1.165) is 27.8 Å². The van der Waals surface area contributed by atoms with Crippen LogP contribution in [0.5, 0.6) is 0 Å². The summed E-state index contributed by atoms with van der Waals surface area (Å²) < 4.78 is 2.79. The third-order valence-electron chi connectivity index (χ3n) is 8.71. The molecule has 0 amide bonds. The second-order valence-electron chi connectivity index (χ2n) is 11.7. The van der Waals surface area contributed by atoms with Crippen LogP contribution in [0.2, 0.25) is 0 Å². The molecule has 0 aliphatic rings. The standard InChI is InChI=1S/C43H27N3Se/c1-3-11-28(12-4-1)32-17-9-18-34(26-32)42-44-41(30-14-5-2-6-15-30)45-43(46-42)35-23-24-37-38-20-10-19-36(40(38)47-39(37)27-35)33-22-21-29-13-7-8-16-31(29)25-33/h1-27H. The predicted octanol–water partition coefficient (Wildman–Crippen LogP) is 10.7. The van der Waals surface area contributed by atoms with Crippen LogP contribution in [0.4, 0.5) is 0 Å². The first-order valence-electron chi connectivity index (χ1n) is 15.7. The Kier molecular flexibility index (Phi) is 6.82. The van der Waals surface area contributed by atoms with Gasteiger partial charge in [0.1, 0.15) is 0 Å². The number of rotatable bonds is 5. The SMILES string of the molecule is c1ccc(-c2cccc(-c3nc(-c4ccccc4)nc(-c4ccc5c(c4)[se]c4c(-c6ccc7ccccc7c6)cccc45)n3)c2)cc1. The van der Waals surface area contributed by atoms with E-state index in [2.05, 4.69) is 140 Å². The van der Waals surface area contributed by atoms with E-state index in [1.165, 1.54) is 41.2 Å². The fourth-order valence-electron chi connectivity index (χ4n) is 6.34. The summed E-state index contributed by atoms with van der Waals surface area (Å²) in [4.78, 5) is 15.1. The molecule has 0 spiro atoms. The van der Waals surface area contributed by atoms with Crippen LogP contribution in [0.25, 0.3) is 86.5 Å². The van der Waals surface area contributed by atoms with E-state index in [9.17, 15) is 0 Å². The molecule has 7 aromatic carbocycles. The Bertz CT molecular complexity index is 2570. The number of hydrogen-bond acceptors (Lipinski definition) is 3. The van der Waals surface area contributed by atoms with Gasteiger partial charge in [-0.2, -0.15) is 0 Å². The molecule has 0 saturated carbocycles. The molecule has 47 heavy (non-hydrogen) atoms. The molecule has 220 valence electrons. The number of fused-ring (bicyclic) bond motifs is 4. The zero-order valence-electron chi connectivity index (χ0n) is 25.3. The summed E-state index contributed by atoms with van der Waals surface area (Å²) in [7, 11) is 0. The molecular weight excluding hydrogens is 637 g/mol. The summed E-state index contributed by atoms with van der Waals surface area (Å²) in [5, 5.41) is 5.17. The summed E-state index contributed by atoms with van der Waals surface area (Å²) in [5.41, 5.74) is 7.81. The minimum atomic E-state index is 0.144. The summed E-state index contributed by atoms with van der Waals surface area (Å²) in [5.74, 6) is 2.02. The maximum atomic E-state index is 5.09. The van der Waals surface area contributed by atoms with Crippen molar-refractivity contribution in [2.45, 2.75) is 0 Å². The van der Waals surface area contributed by atoms with Crippen molar-refractivity contribution in [3.63, 3.8) is 0 Å². The summed E-state index contributed by atoms with van der Waals surface area (Å²) in [6.07, 6.45) is 0. The van der Waals surface area contributed by atoms with Gasteiger partial charge in [-0.1, -0.05) is 6.07 Å². The number of benzene rings is 7. The van der Waals surface area contributed by atoms with Gasteiger partial charge in [0.05, 0.1) is 0 Å². The molecule has 0 fully saturated rings. The van der Waals surface area contributed by atoms with Crippen LogP contribution in [0.1, 0.15) is 0 Å². The van der Waals surface area contributed by atoms with Crippen LogP contribution >= 0.6 is 0 Å². The molecule has 0 atom stereocenters. The molecule has 2 aromatic heterocycles. The molecule has 9 aromatic rings. The molecule has 0 aliphatic heterocycles. The third-order valence-corrected chi connectivity index (χ3v) is 11.2. The zero-order valence-corrected chi connectivity index (χ0v) is 27.1. The molecule has 0 radical (unpaired) electrons. The van der Waals surface area contributed by atoms with E-state index in [-0.39, 0.29) is 14.5 Å². The Morgan fingerprint density at radius 3 is 1.72 bits per heavy atom. The normalized spacial score (nSPS) is 11.4. The quantitative estimate of drug-likeness (QED) is 0.172. The van der Waals surface area contributed by atoms with E-state index in [4.69, 9.17) is 15.0 Å². The molecule has 0 saturated heterocycles. The van der Waals surface area contributed by atoms with Crippen molar-refractivity contribution in [2.75, 3.05) is 0 Å². The van der Waals surface area contributed by atoms with Crippen LogP contribution in [0.15, 0.2) is 164 Å². The third kappa shape index (κ3) is 5.14. The van der Waals surface area contributed by atoms with E-state index < -0.39 is 0 Å². The van der Waals surface area contributed by atoms with Crippen LogP contribution in [0, 0.1) is 0 Å². The molecule has 0 unspecified atom stereocenters. The van der Waals surface area contributed by atoms with Gasteiger partial charge >= 0.3 is 274 Å². The van der Waals surface area contributed by atoms with Crippen molar-refractivity contribution < 1.29 is 0 Å². The van der Waals surface area contributed by atoms with Gasteiger partial charge in [-0.05, 0) is 0 Å². The monoisotopic (exact) mass is 665 g/mol. The Morgan fingerprint density at radius 1 is 0.340 bits per heavy atom. The van der Waals surface area contributed by atoms with Crippen LogP contribution in [0.3, 0.4) is 0 Å². The second-order valence-corrected chi connectivity index (χ2v) is 13.9. The Labute approximate surface area is 278 Å². The van der Waals surface area contributed by atoms with Gasteiger partial charge in [0, 0.05) is 0 Å². The summed E-state index contributed by atoms with van der Waals surface area (Å²) in [6.45, 7) is 0. The van der Waals surface area contributed by atoms with Gasteiger partial charge in [0.2, 0.25) is 0 Å². The average molecular weight is 665 g/mol. The molecular formula is C43H27N3Se. The molecule has 0 N–H and O–H groups in total. The number of aromatic nitrogens is 3. The molecule has 0 aliphatic carbocycles. The van der Waals surface area contributed by atoms with Gasteiger partial charge in [0.15, 0.2) is 0 Å². The Hall–Kier alpha value is -5.67. The van der Waals surface area contributed by atoms with Gasteiger partial charge in [-0.3, -0.25) is 0 Å². The van der Waals surface area contributed by atoms with E-state index in [0.29, 0.717) is 17.5 Å². The molecule has 0 bridgehead atoms. The first kappa shape index (κ1) is 27.6. The van der Waals surface area contributed by atoms with Crippen LogP contribution in [-0.2, 0) is 0 Å². The van der Waals surface area contributed by atoms with Crippen molar-refractivity contribution in [1.29, 1.82) is 0 Å². The maximum absolute atomic E-state index is 5.09. The van der Waals surface area contributed by atoms with Crippen molar-refractivity contribution >= 4 is 44.6 Å². The Morgan fingerprint density at radius 2 is 0.936 bits per heavy atom. The van der Waals surface area contributed by atoms with Gasteiger partial charge < -0.3 is 0 Å². The Balaban J connectivity index is 1.18. The molecule has 3 nitrogen and oxygen atoms in total. The van der Waals surface area contributed by atoms with E-state index in [1.807, 2.05) is 24.3 Å². The van der Waals surface area contributed by atoms with Gasteiger partial charge in [0.25, 0.3) is 0 Å². The first-order chi connectivity index (χ1) is 23.3. The van der Waals surface area contributed by atoms with Crippen molar-refractivity contribution in [3.8, 4) is 56.4 Å². The van der Waals surface area contributed by atoms with Crippen molar-refractivity contribution in [1.82, 2.24) is 15.0 Å². The minimum absolute atomic E-state index is 0.144. The topological polar surface area (TPSA) is 38.7 Å². The van der Waals surface area contributed by atoms with E-state index in [1.54, 1.807) is 0 Å². The number of hydrogen-bond donors (Lipinski definition) is 0. The van der Waals surface area contributed by atoms with E-state index >= 15 is 0 Å².